The Kier molecular flexibility index (Phi) is 4.48. The lowest BCUT2D eigenvalue weighted by molar-refractivity contribution is -0.119. The SMILES string of the molecule is COc1cc(OC)cc(C(=O)Nc2cc3c4c(c2)CCC(=O)N4CCC3)c1. The summed E-state index contributed by atoms with van der Waals surface area (Å²) in [5.41, 5.74) is 4.54. The van der Waals surface area contributed by atoms with Crippen molar-refractivity contribution in [1.82, 2.24) is 0 Å². The van der Waals surface area contributed by atoms with Crippen LogP contribution < -0.4 is 19.7 Å². The Balaban J connectivity index is 1.64. The van der Waals surface area contributed by atoms with Crippen molar-refractivity contribution in [3.05, 3.63) is 47.0 Å². The third-order valence-electron chi connectivity index (χ3n) is 5.15. The zero-order valence-electron chi connectivity index (χ0n) is 15.5. The third-order valence-corrected chi connectivity index (χ3v) is 5.15. The Hall–Kier alpha value is -3.02. The molecule has 0 aliphatic carbocycles. The number of hydrogen-bond acceptors (Lipinski definition) is 4. The van der Waals surface area contributed by atoms with Gasteiger partial charge < -0.3 is 19.7 Å². The van der Waals surface area contributed by atoms with Crippen LogP contribution in [-0.2, 0) is 17.6 Å². The Morgan fingerprint density at radius 2 is 1.63 bits per heavy atom. The quantitative estimate of drug-likeness (QED) is 0.902. The van der Waals surface area contributed by atoms with Gasteiger partial charge in [-0.05, 0) is 54.7 Å². The summed E-state index contributed by atoms with van der Waals surface area (Å²) in [5.74, 6) is 1.10. The summed E-state index contributed by atoms with van der Waals surface area (Å²) in [6.07, 6.45) is 3.11. The molecule has 27 heavy (non-hydrogen) atoms. The maximum Gasteiger partial charge on any atom is 0.255 e. The molecule has 0 aromatic heterocycles. The Bertz CT molecular complexity index is 883. The summed E-state index contributed by atoms with van der Waals surface area (Å²) >= 11 is 0. The molecule has 4 rings (SSSR count). The van der Waals surface area contributed by atoms with E-state index in [4.69, 9.17) is 9.47 Å². The van der Waals surface area contributed by atoms with Gasteiger partial charge in [0, 0.05) is 30.3 Å². The van der Waals surface area contributed by atoms with E-state index in [0.717, 1.165) is 41.9 Å². The number of carbonyl (C=O) groups is 2. The van der Waals surface area contributed by atoms with Crippen LogP contribution in [0.4, 0.5) is 11.4 Å². The first-order valence-electron chi connectivity index (χ1n) is 9.09. The minimum absolute atomic E-state index is 0.198. The van der Waals surface area contributed by atoms with Crippen LogP contribution in [0.3, 0.4) is 0 Å². The van der Waals surface area contributed by atoms with Crippen molar-refractivity contribution >= 4 is 23.2 Å². The van der Waals surface area contributed by atoms with Gasteiger partial charge in [-0.25, -0.2) is 0 Å². The average Bonchev–Trinajstić information content (AvgIpc) is 2.70. The number of nitrogens with one attached hydrogen (secondary N) is 1. The summed E-state index contributed by atoms with van der Waals surface area (Å²) in [6.45, 7) is 0.786. The average molecular weight is 366 g/mol. The largest absolute Gasteiger partial charge is 0.497 e. The highest BCUT2D eigenvalue weighted by Crippen LogP contribution is 2.38. The Morgan fingerprint density at radius 1 is 0.963 bits per heavy atom. The predicted molar refractivity (Wildman–Crippen MR) is 103 cm³/mol. The molecule has 0 saturated carbocycles. The first-order chi connectivity index (χ1) is 13.1. The molecule has 140 valence electrons. The molecule has 0 bridgehead atoms. The zero-order chi connectivity index (χ0) is 19.0. The van der Waals surface area contributed by atoms with Crippen molar-refractivity contribution in [3.63, 3.8) is 0 Å². The molecule has 0 unspecified atom stereocenters. The van der Waals surface area contributed by atoms with Crippen molar-refractivity contribution in [2.75, 3.05) is 31.0 Å². The predicted octanol–water partition coefficient (Wildman–Crippen LogP) is 3.18. The van der Waals surface area contributed by atoms with Crippen LogP contribution in [0.15, 0.2) is 30.3 Å². The van der Waals surface area contributed by atoms with Gasteiger partial charge in [0.25, 0.3) is 5.91 Å². The first kappa shape index (κ1) is 17.4. The molecule has 0 atom stereocenters. The minimum Gasteiger partial charge on any atom is -0.497 e. The second-order valence-corrected chi connectivity index (χ2v) is 6.85. The van der Waals surface area contributed by atoms with Gasteiger partial charge in [0.05, 0.1) is 19.9 Å². The highest BCUT2D eigenvalue weighted by molar-refractivity contribution is 6.05. The summed E-state index contributed by atoms with van der Waals surface area (Å²) in [4.78, 5) is 26.8. The smallest absolute Gasteiger partial charge is 0.255 e. The van der Waals surface area contributed by atoms with E-state index >= 15 is 0 Å². The van der Waals surface area contributed by atoms with E-state index in [1.165, 1.54) is 0 Å². The van der Waals surface area contributed by atoms with Gasteiger partial charge in [0.1, 0.15) is 11.5 Å². The van der Waals surface area contributed by atoms with Crippen LogP contribution in [0.25, 0.3) is 0 Å². The summed E-state index contributed by atoms with van der Waals surface area (Å²) < 4.78 is 10.5. The fraction of sp³-hybridized carbons (Fsp3) is 0.333. The van der Waals surface area contributed by atoms with Gasteiger partial charge in [0.2, 0.25) is 5.91 Å². The highest BCUT2D eigenvalue weighted by Gasteiger charge is 2.29. The number of hydrogen-bond donors (Lipinski definition) is 1. The number of amides is 2. The van der Waals surface area contributed by atoms with Gasteiger partial charge in [-0.3, -0.25) is 9.59 Å². The normalized spacial score (nSPS) is 15.2. The van der Waals surface area contributed by atoms with E-state index < -0.39 is 0 Å². The van der Waals surface area contributed by atoms with E-state index in [0.29, 0.717) is 29.9 Å². The fourth-order valence-electron chi connectivity index (χ4n) is 3.87. The van der Waals surface area contributed by atoms with E-state index in [1.54, 1.807) is 32.4 Å². The van der Waals surface area contributed by atoms with E-state index in [-0.39, 0.29) is 11.8 Å². The van der Waals surface area contributed by atoms with Gasteiger partial charge in [0.15, 0.2) is 0 Å². The molecule has 2 heterocycles. The fourth-order valence-corrected chi connectivity index (χ4v) is 3.87. The van der Waals surface area contributed by atoms with Crippen LogP contribution >= 0.6 is 0 Å². The van der Waals surface area contributed by atoms with Crippen LogP contribution in [0.5, 0.6) is 11.5 Å². The summed E-state index contributed by atoms with van der Waals surface area (Å²) in [7, 11) is 3.11. The molecule has 0 fully saturated rings. The van der Waals surface area contributed by atoms with E-state index in [9.17, 15) is 9.59 Å². The van der Waals surface area contributed by atoms with Gasteiger partial charge >= 0.3 is 0 Å². The first-order valence-corrected chi connectivity index (χ1v) is 9.09. The second-order valence-electron chi connectivity index (χ2n) is 6.85. The van der Waals surface area contributed by atoms with Crippen molar-refractivity contribution in [1.29, 1.82) is 0 Å². The maximum absolute atomic E-state index is 12.8. The number of ether oxygens (including phenoxy) is 2. The van der Waals surface area contributed by atoms with Crippen LogP contribution in [0.2, 0.25) is 0 Å². The van der Waals surface area contributed by atoms with Crippen molar-refractivity contribution in [2.24, 2.45) is 0 Å². The van der Waals surface area contributed by atoms with Crippen LogP contribution in [-0.4, -0.2) is 32.6 Å². The molecule has 2 aromatic rings. The van der Waals surface area contributed by atoms with Crippen molar-refractivity contribution in [2.45, 2.75) is 25.7 Å². The molecule has 6 nitrogen and oxygen atoms in total. The topological polar surface area (TPSA) is 67.9 Å². The molecular weight excluding hydrogens is 344 g/mol. The highest BCUT2D eigenvalue weighted by atomic mass is 16.5. The molecule has 0 radical (unpaired) electrons. The molecule has 6 heteroatoms. The van der Waals surface area contributed by atoms with E-state index in [2.05, 4.69) is 5.32 Å². The van der Waals surface area contributed by atoms with Crippen molar-refractivity contribution < 1.29 is 19.1 Å². The van der Waals surface area contributed by atoms with Crippen molar-refractivity contribution in [3.8, 4) is 11.5 Å². The number of methoxy groups -OCH3 is 2. The number of rotatable bonds is 4. The molecule has 2 amide bonds. The molecule has 0 spiro atoms. The number of carbonyl (C=O) groups excluding carboxylic acids is 2. The molecule has 1 N–H and O–H groups in total. The lowest BCUT2D eigenvalue weighted by Crippen LogP contribution is -2.39. The molecule has 0 saturated heterocycles. The van der Waals surface area contributed by atoms with E-state index in [1.807, 2.05) is 17.0 Å². The monoisotopic (exact) mass is 366 g/mol. The number of benzene rings is 2. The molecule has 2 aliphatic rings. The Labute approximate surface area is 158 Å². The Morgan fingerprint density at radius 3 is 2.30 bits per heavy atom. The van der Waals surface area contributed by atoms with Gasteiger partial charge in [-0.1, -0.05) is 0 Å². The maximum atomic E-state index is 12.8. The van der Waals surface area contributed by atoms with Gasteiger partial charge in [-0.2, -0.15) is 0 Å². The number of nitrogens with zero attached hydrogens (tertiary/aromatic N) is 1. The molecule has 2 aliphatic heterocycles. The van der Waals surface area contributed by atoms with Crippen LogP contribution in [0.1, 0.15) is 34.3 Å². The summed E-state index contributed by atoms with van der Waals surface area (Å²) in [5, 5.41) is 2.98. The zero-order valence-corrected chi connectivity index (χ0v) is 15.5. The number of aryl methyl sites for hydroxylation is 2. The lowest BCUT2D eigenvalue weighted by Gasteiger charge is -2.35. The minimum atomic E-state index is -0.223. The number of anilines is 2. The standard InChI is InChI=1S/C21H22N2O4/c1-26-17-10-15(11-18(12-17)27-2)21(25)22-16-8-13-4-3-7-23-19(24)6-5-14(9-16)20(13)23/h8-12H,3-7H2,1-2H3,(H,22,25). The molecular formula is C21H22N2O4. The van der Waals surface area contributed by atoms with Crippen LogP contribution in [0, 0.1) is 0 Å². The third kappa shape index (κ3) is 3.23. The second kappa shape index (κ2) is 6.95. The van der Waals surface area contributed by atoms with Gasteiger partial charge in [-0.15, -0.1) is 0 Å². The molecule has 2 aromatic carbocycles. The summed E-state index contributed by atoms with van der Waals surface area (Å²) in [6, 6.07) is 9.06. The lowest BCUT2D eigenvalue weighted by atomic mass is 9.91.